The van der Waals surface area contributed by atoms with E-state index in [-0.39, 0.29) is 6.61 Å². The maximum atomic E-state index is 6.28. The quantitative estimate of drug-likeness (QED) is 0.170. The Kier molecular flexibility index (Phi) is 5.79. The molecule has 36 heavy (non-hydrogen) atoms. The van der Waals surface area contributed by atoms with Crippen molar-refractivity contribution in [3.63, 3.8) is 0 Å². The summed E-state index contributed by atoms with van der Waals surface area (Å²) in [6, 6.07) is 28.0. The predicted molar refractivity (Wildman–Crippen MR) is 143 cm³/mol. The highest BCUT2D eigenvalue weighted by Gasteiger charge is 2.22. The summed E-state index contributed by atoms with van der Waals surface area (Å²) in [6.07, 6.45) is 1.61. The minimum atomic E-state index is 0.126. The van der Waals surface area contributed by atoms with Crippen LogP contribution in [-0.4, -0.2) is 25.3 Å². The van der Waals surface area contributed by atoms with Gasteiger partial charge in [-0.1, -0.05) is 93.9 Å². The number of hydrogen-bond donors (Lipinski definition) is 0. The zero-order valence-electron chi connectivity index (χ0n) is 19.3. The first-order valence-electron chi connectivity index (χ1n) is 11.4. The highest BCUT2D eigenvalue weighted by Crippen LogP contribution is 2.41. The Balaban J connectivity index is 1.40. The first-order valence-corrected chi connectivity index (χ1v) is 12.2. The van der Waals surface area contributed by atoms with Gasteiger partial charge in [0.15, 0.2) is 18.1 Å². The minimum absolute atomic E-state index is 0.126. The molecule has 6 rings (SSSR count). The van der Waals surface area contributed by atoms with Gasteiger partial charge in [-0.05, 0) is 30.2 Å². The number of benzene rings is 3. The molecule has 0 saturated carbocycles. The van der Waals surface area contributed by atoms with E-state index < -0.39 is 0 Å². The highest BCUT2D eigenvalue weighted by molar-refractivity contribution is 9.10. The lowest BCUT2D eigenvalue weighted by Gasteiger charge is -2.03. The van der Waals surface area contributed by atoms with Gasteiger partial charge in [-0.3, -0.25) is 0 Å². The number of nitrogens with zero attached hydrogens (tertiary/aromatic N) is 5. The maximum Gasteiger partial charge on any atom is 0.232 e. The lowest BCUT2D eigenvalue weighted by Crippen LogP contribution is -1.97. The van der Waals surface area contributed by atoms with Crippen LogP contribution in [-0.2, 0) is 11.4 Å². The van der Waals surface area contributed by atoms with Crippen molar-refractivity contribution in [3.05, 3.63) is 107 Å². The van der Waals surface area contributed by atoms with Crippen LogP contribution in [0.15, 0.2) is 105 Å². The summed E-state index contributed by atoms with van der Waals surface area (Å²) in [6.45, 7) is 2.03. The number of furan rings is 1. The monoisotopic (exact) mass is 537 g/mol. The molecule has 0 aliphatic heterocycles. The average molecular weight is 538 g/mol. The molecule has 3 heterocycles. The second kappa shape index (κ2) is 9.39. The summed E-state index contributed by atoms with van der Waals surface area (Å²) in [4.78, 5) is 14.9. The molecule has 0 atom stereocenters. The molecule has 8 heteroatoms. The Labute approximate surface area is 215 Å². The van der Waals surface area contributed by atoms with Crippen LogP contribution < -0.4 is 0 Å². The van der Waals surface area contributed by atoms with E-state index in [0.29, 0.717) is 17.2 Å². The molecule has 0 spiro atoms. The van der Waals surface area contributed by atoms with Crippen LogP contribution in [0.4, 0.5) is 0 Å². The molecule has 0 unspecified atom stereocenters. The lowest BCUT2D eigenvalue weighted by molar-refractivity contribution is 0.125. The molecule has 3 aromatic heterocycles. The fraction of sp³-hybridized carbons (Fsp3) is 0.0714. The number of rotatable bonds is 6. The van der Waals surface area contributed by atoms with E-state index in [1.807, 2.05) is 79.7 Å². The van der Waals surface area contributed by atoms with Crippen LogP contribution in [0, 0.1) is 0 Å². The van der Waals surface area contributed by atoms with E-state index in [1.54, 1.807) is 10.8 Å². The van der Waals surface area contributed by atoms with E-state index >= 15 is 0 Å². The summed E-state index contributed by atoms with van der Waals surface area (Å²) in [5, 5.41) is 9.60. The van der Waals surface area contributed by atoms with Gasteiger partial charge >= 0.3 is 0 Å². The lowest BCUT2D eigenvalue weighted by atomic mass is 9.99. The molecule has 0 N–H and O–H groups in total. The van der Waals surface area contributed by atoms with E-state index in [0.717, 1.165) is 43.6 Å². The van der Waals surface area contributed by atoms with Crippen LogP contribution in [0.25, 0.3) is 39.2 Å². The van der Waals surface area contributed by atoms with Crippen molar-refractivity contribution in [3.8, 4) is 22.5 Å². The van der Waals surface area contributed by atoms with Gasteiger partial charge in [0.25, 0.3) is 0 Å². The van der Waals surface area contributed by atoms with Crippen LogP contribution in [0.2, 0.25) is 0 Å². The van der Waals surface area contributed by atoms with Gasteiger partial charge in [0.1, 0.15) is 12.1 Å². The largest absolute Gasteiger partial charge is 0.437 e. The van der Waals surface area contributed by atoms with E-state index in [1.165, 1.54) is 0 Å². The molecule has 0 amide bonds. The first-order chi connectivity index (χ1) is 17.7. The van der Waals surface area contributed by atoms with Gasteiger partial charge in [0.2, 0.25) is 5.71 Å². The Morgan fingerprint density at radius 3 is 2.36 bits per heavy atom. The van der Waals surface area contributed by atoms with Gasteiger partial charge in [-0.15, -0.1) is 5.10 Å². The second-order valence-electron chi connectivity index (χ2n) is 8.22. The Morgan fingerprint density at radius 1 is 0.944 bits per heavy atom. The number of fused-ring (bicyclic) bond motifs is 3. The third-order valence-corrected chi connectivity index (χ3v) is 6.36. The van der Waals surface area contributed by atoms with Crippen molar-refractivity contribution in [1.82, 2.24) is 19.6 Å². The average Bonchev–Trinajstić information content (AvgIpc) is 3.51. The molecule has 3 aromatic carbocycles. The third-order valence-electron chi connectivity index (χ3n) is 5.83. The number of halogens is 1. The minimum Gasteiger partial charge on any atom is -0.437 e. The second-order valence-corrected chi connectivity index (χ2v) is 9.13. The summed E-state index contributed by atoms with van der Waals surface area (Å²) < 4.78 is 8.95. The topological polar surface area (TPSA) is 77.8 Å². The molecule has 0 radical (unpaired) electrons. The fourth-order valence-electron chi connectivity index (χ4n) is 4.11. The van der Waals surface area contributed by atoms with Crippen LogP contribution in [0.1, 0.15) is 18.3 Å². The Morgan fingerprint density at radius 2 is 1.64 bits per heavy atom. The van der Waals surface area contributed by atoms with Crippen molar-refractivity contribution in [1.29, 1.82) is 0 Å². The van der Waals surface area contributed by atoms with E-state index in [4.69, 9.17) is 14.2 Å². The standard InChI is InChI=1S/C28H20BrN5O2/c1-18(19-12-14-22(29)15-13-19)33-35-16-23-31-27-25-24(20-8-4-2-5-9-20)26(21-10-6-3-7-11-21)36-28(25)30-17-34(27)32-23/h2-15,17H,16H2,1H3/b33-18+. The summed E-state index contributed by atoms with van der Waals surface area (Å²) >= 11 is 3.44. The number of oxime groups is 1. The molecule has 0 aliphatic rings. The van der Waals surface area contributed by atoms with Gasteiger partial charge in [-0.25, -0.2) is 14.5 Å². The zero-order valence-corrected chi connectivity index (χ0v) is 20.9. The maximum absolute atomic E-state index is 6.28. The fourth-order valence-corrected chi connectivity index (χ4v) is 4.37. The normalized spacial score (nSPS) is 11.9. The number of aromatic nitrogens is 4. The molecular formula is C28H20BrN5O2. The Bertz CT molecular complexity index is 1690. The van der Waals surface area contributed by atoms with Gasteiger partial charge in [0, 0.05) is 15.6 Å². The van der Waals surface area contributed by atoms with Gasteiger partial charge < -0.3 is 9.25 Å². The summed E-state index contributed by atoms with van der Waals surface area (Å²) in [7, 11) is 0. The van der Waals surface area contributed by atoms with E-state index in [2.05, 4.69) is 43.3 Å². The van der Waals surface area contributed by atoms with Crippen molar-refractivity contribution in [2.45, 2.75) is 13.5 Å². The summed E-state index contributed by atoms with van der Waals surface area (Å²) in [5.41, 5.74) is 5.81. The van der Waals surface area contributed by atoms with Gasteiger partial charge in [-0.2, -0.15) is 0 Å². The molecule has 0 fully saturated rings. The zero-order chi connectivity index (χ0) is 24.5. The Hall–Kier alpha value is -4.30. The van der Waals surface area contributed by atoms with Crippen LogP contribution in [0.3, 0.4) is 0 Å². The molecule has 176 valence electrons. The van der Waals surface area contributed by atoms with Crippen molar-refractivity contribution < 1.29 is 9.25 Å². The van der Waals surface area contributed by atoms with Crippen molar-refractivity contribution in [2.24, 2.45) is 5.16 Å². The number of hydrogen-bond acceptors (Lipinski definition) is 6. The molecule has 7 nitrogen and oxygen atoms in total. The smallest absolute Gasteiger partial charge is 0.232 e. The highest BCUT2D eigenvalue weighted by atomic mass is 79.9. The van der Waals surface area contributed by atoms with Crippen molar-refractivity contribution >= 4 is 38.4 Å². The van der Waals surface area contributed by atoms with Crippen molar-refractivity contribution in [2.75, 3.05) is 0 Å². The molecule has 6 aromatic rings. The molecule has 0 bridgehead atoms. The summed E-state index contributed by atoms with van der Waals surface area (Å²) in [5.74, 6) is 1.24. The molecule has 0 aliphatic carbocycles. The molecule has 0 saturated heterocycles. The molecular weight excluding hydrogens is 518 g/mol. The predicted octanol–water partition coefficient (Wildman–Crippen LogP) is 6.91. The third kappa shape index (κ3) is 4.16. The SMILES string of the molecule is C/C(=N\OCc1nc2c3c(-c4ccccc4)c(-c4ccccc4)oc3ncn2n1)c1ccc(Br)cc1. The first kappa shape index (κ1) is 22.2. The van der Waals surface area contributed by atoms with Gasteiger partial charge in [0.05, 0.1) is 11.1 Å². The van der Waals surface area contributed by atoms with Crippen LogP contribution >= 0.6 is 15.9 Å². The van der Waals surface area contributed by atoms with Crippen LogP contribution in [0.5, 0.6) is 0 Å². The van der Waals surface area contributed by atoms with E-state index in [9.17, 15) is 0 Å².